The summed E-state index contributed by atoms with van der Waals surface area (Å²) < 4.78 is 22.0. The molecule has 0 unspecified atom stereocenters. The average Bonchev–Trinajstić information content (AvgIpc) is 2.01. The van der Waals surface area contributed by atoms with E-state index >= 15 is 0 Å². The number of nitrogens with two attached hydrogens (primary N) is 1. The van der Waals surface area contributed by atoms with E-state index in [1.54, 1.807) is 32.0 Å². The van der Waals surface area contributed by atoms with E-state index in [1.807, 2.05) is 0 Å². The molecule has 78 valence electrons. The van der Waals surface area contributed by atoms with Crippen LogP contribution in [0.4, 0.5) is 5.82 Å². The molecule has 1 rings (SSSR count). The van der Waals surface area contributed by atoms with Gasteiger partial charge in [0.15, 0.2) is 0 Å². The second-order valence-electron chi connectivity index (χ2n) is 3.09. The number of hydrogen-bond acceptors (Lipinski definition) is 5. The number of aryl methyl sites for hydroxylation is 1. The molecular weight excluding hydrogens is 204 g/mol. The van der Waals surface area contributed by atoms with Crippen LogP contribution in [0, 0.1) is 6.92 Å². The van der Waals surface area contributed by atoms with Gasteiger partial charge in [-0.25, -0.2) is 18.5 Å². The maximum atomic E-state index is 11.0. The van der Waals surface area contributed by atoms with Gasteiger partial charge in [0.2, 0.25) is 0 Å². The molecule has 2 N–H and O–H groups in total. The summed E-state index contributed by atoms with van der Waals surface area (Å²) in [4.78, 5) is 9.23. The fourth-order valence-electron chi connectivity index (χ4n) is 0.882. The molecule has 1 aromatic heterocycles. The van der Waals surface area contributed by atoms with E-state index in [9.17, 15) is 8.42 Å². The van der Waals surface area contributed by atoms with Crippen LogP contribution < -0.4 is 10.0 Å². The minimum absolute atomic E-state index is 0.346. The number of rotatable bonds is 2. The van der Waals surface area contributed by atoms with Gasteiger partial charge in [-0.05, 0) is 6.92 Å². The van der Waals surface area contributed by atoms with Crippen molar-refractivity contribution in [1.82, 2.24) is 9.97 Å². The molecule has 1 aromatic rings. The van der Waals surface area contributed by atoms with Gasteiger partial charge in [-0.15, -0.1) is 0 Å². The standard InChI is InChI=1S/C7H12N4O2S/c1-5-4-6(11(2)3)10-7(9-5)14(8,12)13/h4H,1-3H3,(H2,8,12,13). The smallest absolute Gasteiger partial charge is 0.273 e. The number of hydrogen-bond donors (Lipinski definition) is 1. The molecule has 0 atom stereocenters. The summed E-state index contributed by atoms with van der Waals surface area (Å²) in [5.41, 5.74) is 0.563. The van der Waals surface area contributed by atoms with Crippen LogP contribution in [0.5, 0.6) is 0 Å². The Labute approximate surface area is 82.8 Å². The highest BCUT2D eigenvalue weighted by atomic mass is 32.2. The summed E-state index contributed by atoms with van der Waals surface area (Å²) in [5, 5.41) is 4.58. The zero-order chi connectivity index (χ0) is 10.9. The highest BCUT2D eigenvalue weighted by molar-refractivity contribution is 7.89. The maximum Gasteiger partial charge on any atom is 0.273 e. The van der Waals surface area contributed by atoms with E-state index in [2.05, 4.69) is 9.97 Å². The van der Waals surface area contributed by atoms with Gasteiger partial charge in [-0.1, -0.05) is 0 Å². The highest BCUT2D eigenvalue weighted by Gasteiger charge is 2.14. The highest BCUT2D eigenvalue weighted by Crippen LogP contribution is 2.11. The molecule has 0 radical (unpaired) electrons. The van der Waals surface area contributed by atoms with Gasteiger partial charge in [0.1, 0.15) is 5.82 Å². The van der Waals surface area contributed by atoms with E-state index < -0.39 is 10.0 Å². The van der Waals surface area contributed by atoms with Crippen LogP contribution in [0.15, 0.2) is 11.2 Å². The predicted octanol–water partition coefficient (Wildman–Crippen LogP) is -0.502. The lowest BCUT2D eigenvalue weighted by molar-refractivity contribution is 0.588. The maximum absolute atomic E-state index is 11.0. The van der Waals surface area contributed by atoms with E-state index in [0.29, 0.717) is 11.5 Å². The molecule has 0 saturated heterocycles. The first kappa shape index (κ1) is 10.9. The van der Waals surface area contributed by atoms with Crippen molar-refractivity contribution in [3.8, 4) is 0 Å². The Kier molecular flexibility index (Phi) is 2.72. The molecule has 7 heteroatoms. The van der Waals surface area contributed by atoms with Crippen LogP contribution in [0.3, 0.4) is 0 Å². The predicted molar refractivity (Wildman–Crippen MR) is 52.5 cm³/mol. The minimum Gasteiger partial charge on any atom is -0.363 e. The van der Waals surface area contributed by atoms with Crippen LogP contribution in [0.25, 0.3) is 0 Å². The SMILES string of the molecule is Cc1cc(N(C)C)nc(S(N)(=O)=O)n1. The van der Waals surface area contributed by atoms with Crippen LogP contribution in [0.1, 0.15) is 5.69 Å². The molecule has 0 aliphatic carbocycles. The molecule has 6 nitrogen and oxygen atoms in total. The third-order valence-electron chi connectivity index (χ3n) is 1.53. The molecule has 1 heterocycles. The Balaban J connectivity index is 3.35. The third kappa shape index (κ3) is 2.39. The normalized spacial score (nSPS) is 11.4. The first-order chi connectivity index (χ1) is 6.30. The van der Waals surface area contributed by atoms with Crippen molar-refractivity contribution in [1.29, 1.82) is 0 Å². The number of nitrogens with zero attached hydrogens (tertiary/aromatic N) is 3. The van der Waals surface area contributed by atoms with Crippen molar-refractivity contribution in [2.45, 2.75) is 12.1 Å². The van der Waals surface area contributed by atoms with Gasteiger partial charge in [-0.3, -0.25) is 0 Å². The van der Waals surface area contributed by atoms with Crippen LogP contribution in [-0.2, 0) is 10.0 Å². The minimum atomic E-state index is -3.83. The Morgan fingerprint density at radius 1 is 1.36 bits per heavy atom. The van der Waals surface area contributed by atoms with Gasteiger partial charge in [0.05, 0.1) is 0 Å². The molecule has 0 amide bonds. The Morgan fingerprint density at radius 2 is 1.93 bits per heavy atom. The second-order valence-corrected chi connectivity index (χ2v) is 4.54. The Hall–Kier alpha value is -1.21. The van der Waals surface area contributed by atoms with Crippen molar-refractivity contribution < 1.29 is 8.42 Å². The molecule has 0 spiro atoms. The molecule has 0 aliphatic rings. The number of primary sulfonamides is 1. The zero-order valence-electron chi connectivity index (χ0n) is 8.22. The molecule has 0 aliphatic heterocycles. The molecule has 0 saturated carbocycles. The van der Waals surface area contributed by atoms with Crippen molar-refractivity contribution >= 4 is 15.8 Å². The topological polar surface area (TPSA) is 89.2 Å². The van der Waals surface area contributed by atoms with Gasteiger partial charge in [0.25, 0.3) is 15.2 Å². The third-order valence-corrected chi connectivity index (χ3v) is 2.22. The van der Waals surface area contributed by atoms with Crippen molar-refractivity contribution in [3.05, 3.63) is 11.8 Å². The first-order valence-electron chi connectivity index (χ1n) is 3.86. The van der Waals surface area contributed by atoms with Crippen molar-refractivity contribution in [3.63, 3.8) is 0 Å². The second kappa shape index (κ2) is 3.50. The summed E-state index contributed by atoms with van der Waals surface area (Å²) in [5.74, 6) is 0.515. The summed E-state index contributed by atoms with van der Waals surface area (Å²) in [6, 6.07) is 1.68. The average molecular weight is 216 g/mol. The van der Waals surface area contributed by atoms with Crippen LogP contribution in [-0.4, -0.2) is 32.5 Å². The van der Waals surface area contributed by atoms with Gasteiger partial charge in [-0.2, -0.15) is 4.98 Å². The largest absolute Gasteiger partial charge is 0.363 e. The Bertz CT molecular complexity index is 441. The monoisotopic (exact) mass is 216 g/mol. The van der Waals surface area contributed by atoms with Gasteiger partial charge < -0.3 is 4.90 Å². The molecule has 0 bridgehead atoms. The number of anilines is 1. The molecule has 14 heavy (non-hydrogen) atoms. The molecular formula is C7H12N4O2S. The summed E-state index contributed by atoms with van der Waals surface area (Å²) >= 11 is 0. The lowest BCUT2D eigenvalue weighted by Gasteiger charge is -2.12. The van der Waals surface area contributed by atoms with E-state index in [-0.39, 0.29) is 5.16 Å². The summed E-state index contributed by atoms with van der Waals surface area (Å²) in [6.07, 6.45) is 0. The van der Waals surface area contributed by atoms with E-state index in [4.69, 9.17) is 5.14 Å². The molecule has 0 fully saturated rings. The molecule has 0 aromatic carbocycles. The van der Waals surface area contributed by atoms with Crippen molar-refractivity contribution in [2.75, 3.05) is 19.0 Å². The van der Waals surface area contributed by atoms with E-state index in [0.717, 1.165) is 0 Å². The van der Waals surface area contributed by atoms with E-state index in [1.165, 1.54) is 0 Å². The first-order valence-corrected chi connectivity index (χ1v) is 5.41. The lowest BCUT2D eigenvalue weighted by Crippen LogP contribution is -2.19. The fraction of sp³-hybridized carbons (Fsp3) is 0.429. The van der Waals surface area contributed by atoms with Crippen LogP contribution in [0.2, 0.25) is 0 Å². The zero-order valence-corrected chi connectivity index (χ0v) is 9.04. The number of aromatic nitrogens is 2. The quantitative estimate of drug-likeness (QED) is 0.673. The van der Waals surface area contributed by atoms with Gasteiger partial charge in [0, 0.05) is 25.9 Å². The Morgan fingerprint density at radius 3 is 2.36 bits per heavy atom. The number of sulfonamides is 1. The van der Waals surface area contributed by atoms with Crippen LogP contribution >= 0.6 is 0 Å². The lowest BCUT2D eigenvalue weighted by atomic mass is 10.4. The van der Waals surface area contributed by atoms with Crippen molar-refractivity contribution in [2.24, 2.45) is 5.14 Å². The fourth-order valence-corrected chi connectivity index (χ4v) is 1.37. The van der Waals surface area contributed by atoms with Gasteiger partial charge >= 0.3 is 0 Å². The summed E-state index contributed by atoms with van der Waals surface area (Å²) in [7, 11) is -0.313. The summed E-state index contributed by atoms with van der Waals surface area (Å²) in [6.45, 7) is 1.68.